The van der Waals surface area contributed by atoms with E-state index in [4.69, 9.17) is 9.47 Å². The summed E-state index contributed by atoms with van der Waals surface area (Å²) in [7, 11) is 1.24. The number of methoxy groups -OCH3 is 1. The fourth-order valence-corrected chi connectivity index (χ4v) is 1.35. The molecule has 6 heteroatoms. The Hall–Kier alpha value is -1.94. The van der Waals surface area contributed by atoms with E-state index in [0.717, 1.165) is 12.1 Å². The molecule has 0 heterocycles. The maximum atomic E-state index is 13.5. The lowest BCUT2D eigenvalue weighted by atomic mass is 10.1. The Morgan fingerprint density at radius 1 is 1.47 bits per heavy atom. The quantitative estimate of drug-likeness (QED) is 0.453. The van der Waals surface area contributed by atoms with Crippen LogP contribution in [0, 0.1) is 0 Å². The van der Waals surface area contributed by atoms with Gasteiger partial charge in [0.2, 0.25) is 6.08 Å². The van der Waals surface area contributed by atoms with Crippen LogP contribution in [0.3, 0.4) is 0 Å². The lowest BCUT2D eigenvalue weighted by Crippen LogP contribution is -2.12. The van der Waals surface area contributed by atoms with Gasteiger partial charge in [0.25, 0.3) is 0 Å². The number of rotatable bonds is 5. The minimum absolute atomic E-state index is 0.140. The fraction of sp³-hybridized carbons (Fsp3) is 0.364. The van der Waals surface area contributed by atoms with Crippen molar-refractivity contribution in [3.63, 3.8) is 0 Å². The number of ether oxygens (including phenoxy) is 2. The summed E-state index contributed by atoms with van der Waals surface area (Å²) in [5, 5.41) is 0. The van der Waals surface area contributed by atoms with Gasteiger partial charge in [0.15, 0.2) is 11.5 Å². The summed E-state index contributed by atoms with van der Waals surface area (Å²) in [6.07, 6.45) is 0.838. The molecule has 0 aliphatic rings. The second kappa shape index (κ2) is 5.41. The Morgan fingerprint density at radius 2 is 2.18 bits per heavy atom. The Kier molecular flexibility index (Phi) is 4.17. The molecule has 0 spiro atoms. The van der Waals surface area contributed by atoms with Crippen molar-refractivity contribution in [2.24, 2.45) is 4.99 Å². The Balaban J connectivity index is 3.33. The van der Waals surface area contributed by atoms with Gasteiger partial charge in [-0.15, -0.1) is 4.99 Å². The SMILES string of the molecule is CCOc1cccc(C(F)(F)N=C=O)c1OC. The third-order valence-corrected chi connectivity index (χ3v) is 1.99. The first-order valence-corrected chi connectivity index (χ1v) is 4.84. The lowest BCUT2D eigenvalue weighted by molar-refractivity contribution is 0.00351. The predicted octanol–water partition coefficient (Wildman–Crippen LogP) is 2.48. The van der Waals surface area contributed by atoms with Crippen LogP contribution in [-0.2, 0) is 10.8 Å². The highest BCUT2D eigenvalue weighted by Crippen LogP contribution is 2.41. The molecule has 0 unspecified atom stereocenters. The second-order valence-electron chi connectivity index (χ2n) is 3.01. The first kappa shape index (κ1) is 13.1. The third kappa shape index (κ3) is 2.79. The fourth-order valence-electron chi connectivity index (χ4n) is 1.35. The van der Waals surface area contributed by atoms with Crippen molar-refractivity contribution in [3.8, 4) is 11.5 Å². The van der Waals surface area contributed by atoms with E-state index in [1.165, 1.54) is 19.2 Å². The van der Waals surface area contributed by atoms with Crippen LogP contribution >= 0.6 is 0 Å². The molecule has 0 aliphatic heterocycles. The van der Waals surface area contributed by atoms with Gasteiger partial charge in [-0.1, -0.05) is 6.07 Å². The maximum absolute atomic E-state index is 13.5. The largest absolute Gasteiger partial charge is 0.492 e. The standard InChI is InChI=1S/C11H11F2NO3/c1-3-17-9-6-4-5-8(10(9)16-2)11(12,13)14-7-15/h4-6H,3H2,1-2H3. The molecule has 0 amide bonds. The Morgan fingerprint density at radius 3 is 2.71 bits per heavy atom. The number of hydrogen-bond donors (Lipinski definition) is 0. The van der Waals surface area contributed by atoms with E-state index in [2.05, 4.69) is 4.99 Å². The molecular weight excluding hydrogens is 232 g/mol. The van der Waals surface area contributed by atoms with Crippen LogP contribution in [-0.4, -0.2) is 19.8 Å². The van der Waals surface area contributed by atoms with E-state index >= 15 is 0 Å². The summed E-state index contributed by atoms with van der Waals surface area (Å²) in [5.74, 6) is 0.0339. The van der Waals surface area contributed by atoms with Gasteiger partial charge in [0.05, 0.1) is 19.3 Å². The van der Waals surface area contributed by atoms with E-state index in [0.29, 0.717) is 6.61 Å². The topological polar surface area (TPSA) is 47.9 Å². The van der Waals surface area contributed by atoms with Crippen molar-refractivity contribution in [3.05, 3.63) is 23.8 Å². The monoisotopic (exact) mass is 243 g/mol. The van der Waals surface area contributed by atoms with Crippen LogP contribution in [0.5, 0.6) is 11.5 Å². The first-order valence-electron chi connectivity index (χ1n) is 4.84. The normalized spacial score (nSPS) is 10.6. The molecule has 0 atom stereocenters. The molecule has 1 aromatic carbocycles. The number of aliphatic imine (C=N–C) groups is 1. The van der Waals surface area contributed by atoms with Crippen LogP contribution in [0.2, 0.25) is 0 Å². The number of para-hydroxylation sites is 1. The molecule has 0 aromatic heterocycles. The minimum atomic E-state index is -3.68. The number of carbonyl (C=O) groups excluding carboxylic acids is 1. The highest BCUT2D eigenvalue weighted by atomic mass is 19.3. The van der Waals surface area contributed by atoms with Crippen LogP contribution in [0.15, 0.2) is 23.2 Å². The predicted molar refractivity (Wildman–Crippen MR) is 56.2 cm³/mol. The van der Waals surface area contributed by atoms with Gasteiger partial charge in [0, 0.05) is 0 Å². The number of isocyanates is 1. The summed E-state index contributed by atoms with van der Waals surface area (Å²) >= 11 is 0. The molecule has 0 fully saturated rings. The summed E-state index contributed by atoms with van der Waals surface area (Å²) in [6.45, 7) is 2.02. The summed E-state index contributed by atoms with van der Waals surface area (Å²) < 4.78 is 36.9. The summed E-state index contributed by atoms with van der Waals surface area (Å²) in [6, 6.07) is 0.298. The Labute approximate surface area is 96.9 Å². The first-order chi connectivity index (χ1) is 8.06. The average molecular weight is 243 g/mol. The van der Waals surface area contributed by atoms with Gasteiger partial charge >= 0.3 is 6.05 Å². The Bertz CT molecular complexity index is 442. The number of benzene rings is 1. The zero-order valence-electron chi connectivity index (χ0n) is 9.37. The molecule has 0 bridgehead atoms. The second-order valence-corrected chi connectivity index (χ2v) is 3.01. The summed E-state index contributed by atoms with van der Waals surface area (Å²) in [5.41, 5.74) is -0.533. The molecule has 0 saturated heterocycles. The minimum Gasteiger partial charge on any atom is -0.492 e. The van der Waals surface area contributed by atoms with Crippen LogP contribution < -0.4 is 9.47 Å². The third-order valence-electron chi connectivity index (χ3n) is 1.99. The van der Waals surface area contributed by atoms with Crippen LogP contribution in [0.4, 0.5) is 8.78 Å². The zero-order chi connectivity index (χ0) is 12.9. The van der Waals surface area contributed by atoms with Crippen LogP contribution in [0.25, 0.3) is 0 Å². The number of nitrogens with zero attached hydrogens (tertiary/aromatic N) is 1. The lowest BCUT2D eigenvalue weighted by Gasteiger charge is -2.16. The maximum Gasteiger partial charge on any atom is 0.382 e. The van der Waals surface area contributed by atoms with Gasteiger partial charge in [-0.25, -0.2) is 4.79 Å². The number of halogens is 2. The van der Waals surface area contributed by atoms with E-state index in [1.54, 1.807) is 6.92 Å². The molecule has 0 radical (unpaired) electrons. The van der Waals surface area contributed by atoms with Gasteiger partial charge in [0.1, 0.15) is 0 Å². The van der Waals surface area contributed by atoms with E-state index < -0.39 is 11.6 Å². The smallest absolute Gasteiger partial charge is 0.382 e. The molecular formula is C11H11F2NO3. The molecule has 92 valence electrons. The van der Waals surface area contributed by atoms with Crippen molar-refractivity contribution < 1.29 is 23.0 Å². The van der Waals surface area contributed by atoms with Crippen molar-refractivity contribution in [2.45, 2.75) is 13.0 Å². The molecule has 4 nitrogen and oxygen atoms in total. The van der Waals surface area contributed by atoms with Gasteiger partial charge in [-0.3, -0.25) is 0 Å². The highest BCUT2D eigenvalue weighted by molar-refractivity contribution is 5.49. The molecule has 17 heavy (non-hydrogen) atoms. The van der Waals surface area contributed by atoms with E-state index in [9.17, 15) is 13.6 Å². The highest BCUT2D eigenvalue weighted by Gasteiger charge is 2.35. The van der Waals surface area contributed by atoms with Crippen molar-refractivity contribution in [1.29, 1.82) is 0 Å². The summed E-state index contributed by atoms with van der Waals surface area (Å²) in [4.78, 5) is 12.4. The van der Waals surface area contributed by atoms with Gasteiger partial charge in [-0.05, 0) is 19.1 Å². The van der Waals surface area contributed by atoms with Gasteiger partial charge < -0.3 is 9.47 Å². The molecule has 0 aliphatic carbocycles. The molecule has 1 rings (SSSR count). The average Bonchev–Trinajstić information content (AvgIpc) is 2.29. The zero-order valence-corrected chi connectivity index (χ0v) is 9.37. The number of hydrogen-bond acceptors (Lipinski definition) is 4. The van der Waals surface area contributed by atoms with Crippen molar-refractivity contribution >= 4 is 6.08 Å². The molecule has 0 saturated carbocycles. The molecule has 0 N–H and O–H groups in total. The molecule has 1 aromatic rings. The van der Waals surface area contributed by atoms with Gasteiger partial charge in [-0.2, -0.15) is 8.78 Å². The van der Waals surface area contributed by atoms with Crippen molar-refractivity contribution in [1.82, 2.24) is 0 Å². The van der Waals surface area contributed by atoms with E-state index in [-0.39, 0.29) is 11.5 Å². The van der Waals surface area contributed by atoms with Crippen LogP contribution in [0.1, 0.15) is 12.5 Å². The van der Waals surface area contributed by atoms with Crippen molar-refractivity contribution in [2.75, 3.05) is 13.7 Å². The number of alkyl halides is 2. The van der Waals surface area contributed by atoms with E-state index in [1.807, 2.05) is 0 Å².